The van der Waals surface area contributed by atoms with Crippen LogP contribution in [0.1, 0.15) is 31.0 Å². The number of imidazole rings is 1. The number of benzene rings is 1. The van der Waals surface area contributed by atoms with Crippen molar-refractivity contribution in [3.63, 3.8) is 0 Å². The van der Waals surface area contributed by atoms with Crippen molar-refractivity contribution in [3.8, 4) is 5.69 Å². The van der Waals surface area contributed by atoms with Gasteiger partial charge < -0.3 is 10.3 Å². The number of nitrogens with zero attached hydrogens (tertiary/aromatic N) is 2. The zero-order chi connectivity index (χ0) is 12.3. The molecule has 0 atom stereocenters. The highest BCUT2D eigenvalue weighted by Crippen LogP contribution is 2.19. The second-order valence-electron chi connectivity index (χ2n) is 4.54. The normalized spacial score (nSPS) is 11.1. The molecule has 2 aromatic rings. The standard InChI is InChI=1S/C14H19N3/c1-11(2)12-4-3-5-13(8-12)17-10-16-9-14(17)6-7-15/h3-5,8-11H,6-7,15H2,1-2H3. The summed E-state index contributed by atoms with van der Waals surface area (Å²) >= 11 is 0. The molecule has 0 spiro atoms. The van der Waals surface area contributed by atoms with Crippen molar-refractivity contribution in [2.45, 2.75) is 26.2 Å². The first-order valence-electron chi connectivity index (χ1n) is 6.04. The summed E-state index contributed by atoms with van der Waals surface area (Å²) in [7, 11) is 0. The summed E-state index contributed by atoms with van der Waals surface area (Å²) in [5, 5.41) is 0. The van der Waals surface area contributed by atoms with Crippen LogP contribution in [0.15, 0.2) is 36.8 Å². The fourth-order valence-electron chi connectivity index (χ4n) is 1.92. The van der Waals surface area contributed by atoms with Crippen molar-refractivity contribution in [1.82, 2.24) is 9.55 Å². The molecule has 2 rings (SSSR count). The number of aromatic nitrogens is 2. The summed E-state index contributed by atoms with van der Waals surface area (Å²) in [6, 6.07) is 8.57. The fourth-order valence-corrected chi connectivity index (χ4v) is 1.92. The molecule has 90 valence electrons. The first-order chi connectivity index (χ1) is 8.22. The Morgan fingerprint density at radius 1 is 1.35 bits per heavy atom. The molecule has 3 nitrogen and oxygen atoms in total. The van der Waals surface area contributed by atoms with Gasteiger partial charge in [-0.05, 0) is 30.2 Å². The van der Waals surface area contributed by atoms with E-state index in [1.54, 1.807) is 0 Å². The Hall–Kier alpha value is -1.61. The second kappa shape index (κ2) is 5.15. The van der Waals surface area contributed by atoms with Gasteiger partial charge in [-0.25, -0.2) is 4.98 Å². The van der Waals surface area contributed by atoms with E-state index in [0.29, 0.717) is 12.5 Å². The minimum Gasteiger partial charge on any atom is -0.330 e. The Kier molecular flexibility index (Phi) is 3.59. The minimum atomic E-state index is 0.538. The highest BCUT2D eigenvalue weighted by Gasteiger charge is 2.05. The zero-order valence-electron chi connectivity index (χ0n) is 10.4. The van der Waals surface area contributed by atoms with Gasteiger partial charge in [0.2, 0.25) is 0 Å². The molecule has 3 heteroatoms. The molecule has 0 saturated heterocycles. The van der Waals surface area contributed by atoms with Crippen molar-refractivity contribution in [1.29, 1.82) is 0 Å². The van der Waals surface area contributed by atoms with Crippen LogP contribution in [0.4, 0.5) is 0 Å². The van der Waals surface area contributed by atoms with Crippen LogP contribution in [-0.2, 0) is 6.42 Å². The molecule has 0 aliphatic heterocycles. The quantitative estimate of drug-likeness (QED) is 0.875. The molecule has 17 heavy (non-hydrogen) atoms. The van der Waals surface area contributed by atoms with E-state index in [9.17, 15) is 0 Å². The molecule has 0 aliphatic rings. The Morgan fingerprint density at radius 2 is 2.18 bits per heavy atom. The molecule has 0 radical (unpaired) electrons. The summed E-state index contributed by atoms with van der Waals surface area (Å²) in [5.74, 6) is 0.538. The van der Waals surface area contributed by atoms with Crippen LogP contribution >= 0.6 is 0 Å². The van der Waals surface area contributed by atoms with E-state index in [0.717, 1.165) is 17.8 Å². The lowest BCUT2D eigenvalue weighted by molar-refractivity contribution is 0.849. The van der Waals surface area contributed by atoms with E-state index in [2.05, 4.69) is 47.7 Å². The van der Waals surface area contributed by atoms with Crippen LogP contribution in [0.5, 0.6) is 0 Å². The average molecular weight is 229 g/mol. The van der Waals surface area contributed by atoms with Crippen LogP contribution in [0.2, 0.25) is 0 Å². The molecule has 0 bridgehead atoms. The third kappa shape index (κ3) is 2.56. The third-order valence-electron chi connectivity index (χ3n) is 2.93. The van der Waals surface area contributed by atoms with Crippen molar-refractivity contribution in [3.05, 3.63) is 48.0 Å². The minimum absolute atomic E-state index is 0.538. The third-order valence-corrected chi connectivity index (χ3v) is 2.93. The van der Waals surface area contributed by atoms with Gasteiger partial charge in [-0.3, -0.25) is 0 Å². The largest absolute Gasteiger partial charge is 0.330 e. The molecule has 2 N–H and O–H groups in total. The van der Waals surface area contributed by atoms with Gasteiger partial charge in [-0.2, -0.15) is 0 Å². The van der Waals surface area contributed by atoms with E-state index < -0.39 is 0 Å². The highest BCUT2D eigenvalue weighted by atomic mass is 15.0. The second-order valence-corrected chi connectivity index (χ2v) is 4.54. The Balaban J connectivity index is 2.38. The van der Waals surface area contributed by atoms with Crippen LogP contribution < -0.4 is 5.73 Å². The summed E-state index contributed by atoms with van der Waals surface area (Å²) in [6.07, 6.45) is 4.59. The first-order valence-corrected chi connectivity index (χ1v) is 6.04. The van der Waals surface area contributed by atoms with Crippen LogP contribution in [0.25, 0.3) is 5.69 Å². The van der Waals surface area contributed by atoms with Crippen molar-refractivity contribution in [2.24, 2.45) is 5.73 Å². The topological polar surface area (TPSA) is 43.8 Å². The molecule has 0 unspecified atom stereocenters. The summed E-state index contributed by atoms with van der Waals surface area (Å²) in [5.41, 5.74) is 9.27. The van der Waals surface area contributed by atoms with Gasteiger partial charge in [-0.1, -0.05) is 26.0 Å². The summed E-state index contributed by atoms with van der Waals surface area (Å²) in [6.45, 7) is 5.05. The van der Waals surface area contributed by atoms with Gasteiger partial charge in [0, 0.05) is 24.0 Å². The van der Waals surface area contributed by atoms with E-state index in [4.69, 9.17) is 5.73 Å². The first kappa shape index (κ1) is 11.9. The molecule has 0 amide bonds. The van der Waals surface area contributed by atoms with Crippen molar-refractivity contribution >= 4 is 0 Å². The number of hydrogen-bond acceptors (Lipinski definition) is 2. The predicted octanol–water partition coefficient (Wildman–Crippen LogP) is 2.50. The number of nitrogens with two attached hydrogens (primary N) is 1. The van der Waals surface area contributed by atoms with Gasteiger partial charge in [0.1, 0.15) is 0 Å². The van der Waals surface area contributed by atoms with Crippen LogP contribution in [0.3, 0.4) is 0 Å². The lowest BCUT2D eigenvalue weighted by Crippen LogP contribution is -2.07. The molecule has 0 fully saturated rings. The van der Waals surface area contributed by atoms with E-state index in [1.165, 1.54) is 5.56 Å². The Morgan fingerprint density at radius 3 is 2.88 bits per heavy atom. The van der Waals surface area contributed by atoms with Gasteiger partial charge >= 0.3 is 0 Å². The smallest absolute Gasteiger partial charge is 0.0994 e. The molecule has 0 aliphatic carbocycles. The lowest BCUT2D eigenvalue weighted by atomic mass is 10.0. The van der Waals surface area contributed by atoms with E-state index in [1.807, 2.05) is 12.5 Å². The highest BCUT2D eigenvalue weighted by molar-refractivity contribution is 5.38. The monoisotopic (exact) mass is 229 g/mol. The van der Waals surface area contributed by atoms with Gasteiger partial charge in [0.25, 0.3) is 0 Å². The van der Waals surface area contributed by atoms with Crippen molar-refractivity contribution < 1.29 is 0 Å². The average Bonchev–Trinajstić information content (AvgIpc) is 2.78. The molecular weight excluding hydrogens is 210 g/mol. The van der Waals surface area contributed by atoms with Gasteiger partial charge in [0.05, 0.1) is 6.33 Å². The van der Waals surface area contributed by atoms with Crippen molar-refractivity contribution in [2.75, 3.05) is 6.54 Å². The number of rotatable bonds is 4. The predicted molar refractivity (Wildman–Crippen MR) is 70.4 cm³/mol. The fraction of sp³-hybridized carbons (Fsp3) is 0.357. The number of hydrogen-bond donors (Lipinski definition) is 1. The maximum atomic E-state index is 5.60. The van der Waals surface area contributed by atoms with Crippen LogP contribution in [0, 0.1) is 0 Å². The Bertz CT molecular complexity index is 486. The molecule has 1 aromatic carbocycles. The van der Waals surface area contributed by atoms with E-state index >= 15 is 0 Å². The van der Waals surface area contributed by atoms with Gasteiger partial charge in [-0.15, -0.1) is 0 Å². The summed E-state index contributed by atoms with van der Waals surface area (Å²) in [4.78, 5) is 4.20. The maximum absolute atomic E-state index is 5.60. The maximum Gasteiger partial charge on any atom is 0.0994 e. The molecule has 0 saturated carbocycles. The Labute approximate surface area is 102 Å². The molecule has 1 heterocycles. The molecule has 1 aromatic heterocycles. The zero-order valence-corrected chi connectivity index (χ0v) is 10.4. The van der Waals surface area contributed by atoms with E-state index in [-0.39, 0.29) is 0 Å². The SMILES string of the molecule is CC(C)c1cccc(-n2cncc2CCN)c1. The van der Waals surface area contributed by atoms with Gasteiger partial charge in [0.15, 0.2) is 0 Å². The molecular formula is C14H19N3. The lowest BCUT2D eigenvalue weighted by Gasteiger charge is -2.11. The summed E-state index contributed by atoms with van der Waals surface area (Å²) < 4.78 is 2.11. The van der Waals surface area contributed by atoms with Crippen LogP contribution in [-0.4, -0.2) is 16.1 Å².